The Morgan fingerprint density at radius 2 is 1.95 bits per heavy atom. The Morgan fingerprint density at radius 1 is 1.16 bits per heavy atom. The molecule has 1 saturated carbocycles. The van der Waals surface area contributed by atoms with Crippen molar-refractivity contribution in [2.45, 2.75) is 35.3 Å². The predicted molar refractivity (Wildman–Crippen MR) is 79.7 cm³/mol. The van der Waals surface area contributed by atoms with E-state index in [4.69, 9.17) is 11.6 Å². The lowest BCUT2D eigenvalue weighted by molar-refractivity contribution is 0.687. The van der Waals surface area contributed by atoms with Crippen molar-refractivity contribution in [3.05, 3.63) is 53.2 Å². The van der Waals surface area contributed by atoms with E-state index in [2.05, 4.69) is 34.6 Å². The molecule has 4 heteroatoms. The zero-order valence-corrected chi connectivity index (χ0v) is 12.0. The summed E-state index contributed by atoms with van der Waals surface area (Å²) in [5, 5.41) is 5.15. The van der Waals surface area contributed by atoms with Crippen LogP contribution in [0.25, 0.3) is 0 Å². The number of rotatable bonds is 5. The number of pyridine rings is 1. The molecule has 3 rings (SSSR count). The molecule has 0 saturated heterocycles. The van der Waals surface area contributed by atoms with E-state index >= 15 is 0 Å². The minimum Gasteiger partial charge on any atom is -0.310 e. The van der Waals surface area contributed by atoms with Crippen LogP contribution in [0.15, 0.2) is 52.5 Å². The number of halogens is 1. The summed E-state index contributed by atoms with van der Waals surface area (Å²) in [7, 11) is 0. The zero-order chi connectivity index (χ0) is 13.1. The van der Waals surface area contributed by atoms with E-state index in [1.807, 2.05) is 12.1 Å². The van der Waals surface area contributed by atoms with Gasteiger partial charge in [-0.2, -0.15) is 0 Å². The first-order chi connectivity index (χ1) is 9.29. The molecule has 0 spiro atoms. The Hall–Kier alpha value is -1.03. The summed E-state index contributed by atoms with van der Waals surface area (Å²) in [6, 6.07) is 13.2. The molecule has 1 aliphatic rings. The number of hydrogen-bond donors (Lipinski definition) is 1. The summed E-state index contributed by atoms with van der Waals surface area (Å²) < 4.78 is 0. The van der Waals surface area contributed by atoms with Gasteiger partial charge in [-0.15, -0.1) is 0 Å². The van der Waals surface area contributed by atoms with Crippen LogP contribution < -0.4 is 5.32 Å². The van der Waals surface area contributed by atoms with E-state index in [0.717, 1.165) is 17.6 Å². The number of benzene rings is 1. The van der Waals surface area contributed by atoms with Crippen molar-refractivity contribution >= 4 is 23.4 Å². The van der Waals surface area contributed by atoms with E-state index in [0.29, 0.717) is 5.02 Å². The molecule has 1 heterocycles. The van der Waals surface area contributed by atoms with Gasteiger partial charge in [-0.1, -0.05) is 35.5 Å². The van der Waals surface area contributed by atoms with Crippen LogP contribution in [-0.2, 0) is 6.54 Å². The van der Waals surface area contributed by atoms with Crippen LogP contribution in [0.5, 0.6) is 0 Å². The Morgan fingerprint density at radius 3 is 2.58 bits per heavy atom. The summed E-state index contributed by atoms with van der Waals surface area (Å²) in [5.74, 6) is 0. The molecule has 2 nitrogen and oxygen atoms in total. The summed E-state index contributed by atoms with van der Waals surface area (Å²) in [6.45, 7) is 0.967. The van der Waals surface area contributed by atoms with Crippen molar-refractivity contribution in [3.8, 4) is 0 Å². The fraction of sp³-hybridized carbons (Fsp3) is 0.267. The van der Waals surface area contributed by atoms with Gasteiger partial charge in [-0.25, -0.2) is 4.98 Å². The Labute approximate surface area is 122 Å². The number of nitrogens with one attached hydrogen (secondary N) is 1. The maximum absolute atomic E-state index is 5.82. The SMILES string of the molecule is Clc1ccc(Sc2ccc(CNC3CC3)cc2)nc1. The fourth-order valence-electron chi connectivity index (χ4n) is 1.77. The van der Waals surface area contributed by atoms with E-state index < -0.39 is 0 Å². The number of nitrogens with zero attached hydrogens (tertiary/aromatic N) is 1. The molecule has 2 aromatic rings. The normalized spacial score (nSPS) is 14.6. The summed E-state index contributed by atoms with van der Waals surface area (Å²) in [6.07, 6.45) is 4.34. The molecular formula is C15H15ClN2S. The topological polar surface area (TPSA) is 24.9 Å². The van der Waals surface area contributed by atoms with Crippen LogP contribution in [0.3, 0.4) is 0 Å². The molecule has 19 heavy (non-hydrogen) atoms. The third-order valence-corrected chi connectivity index (χ3v) is 4.20. The average Bonchev–Trinajstić information content (AvgIpc) is 3.25. The zero-order valence-electron chi connectivity index (χ0n) is 10.5. The quantitative estimate of drug-likeness (QED) is 0.896. The molecule has 1 aliphatic carbocycles. The van der Waals surface area contributed by atoms with Gasteiger partial charge < -0.3 is 5.32 Å². The largest absolute Gasteiger partial charge is 0.310 e. The van der Waals surface area contributed by atoms with Crippen LogP contribution >= 0.6 is 23.4 Å². The van der Waals surface area contributed by atoms with E-state index in [-0.39, 0.29) is 0 Å². The molecule has 0 bridgehead atoms. The van der Waals surface area contributed by atoms with E-state index in [1.165, 1.54) is 23.3 Å². The molecule has 0 aliphatic heterocycles. The lowest BCUT2D eigenvalue weighted by Crippen LogP contribution is -2.14. The molecule has 1 aromatic carbocycles. The molecule has 1 fully saturated rings. The van der Waals surface area contributed by atoms with Gasteiger partial charge in [-0.3, -0.25) is 0 Å². The molecule has 0 unspecified atom stereocenters. The number of hydrogen-bond acceptors (Lipinski definition) is 3. The average molecular weight is 291 g/mol. The maximum atomic E-state index is 5.82. The molecule has 1 N–H and O–H groups in total. The lowest BCUT2D eigenvalue weighted by Gasteiger charge is -2.05. The highest BCUT2D eigenvalue weighted by Crippen LogP contribution is 2.27. The van der Waals surface area contributed by atoms with Gasteiger partial charge in [0.1, 0.15) is 5.03 Å². The third-order valence-electron chi connectivity index (χ3n) is 3.02. The van der Waals surface area contributed by atoms with Crippen molar-refractivity contribution in [2.24, 2.45) is 0 Å². The van der Waals surface area contributed by atoms with Crippen LogP contribution in [0.2, 0.25) is 5.02 Å². The third kappa shape index (κ3) is 3.96. The van der Waals surface area contributed by atoms with Crippen molar-refractivity contribution < 1.29 is 0 Å². The molecule has 0 atom stereocenters. The van der Waals surface area contributed by atoms with Gasteiger partial charge in [0.05, 0.1) is 5.02 Å². The van der Waals surface area contributed by atoms with Crippen LogP contribution in [0.4, 0.5) is 0 Å². The summed E-state index contributed by atoms with van der Waals surface area (Å²) in [4.78, 5) is 5.48. The monoisotopic (exact) mass is 290 g/mol. The Balaban J connectivity index is 1.59. The molecule has 0 radical (unpaired) electrons. The molecule has 0 amide bonds. The second kappa shape index (κ2) is 5.95. The standard InChI is InChI=1S/C15H15ClN2S/c16-12-3-8-15(18-10-12)19-14-6-1-11(2-7-14)9-17-13-4-5-13/h1-3,6-8,10,13,17H,4-5,9H2. The van der Waals surface area contributed by atoms with Crippen LogP contribution in [0.1, 0.15) is 18.4 Å². The Bertz CT molecular complexity index is 535. The smallest absolute Gasteiger partial charge is 0.101 e. The highest BCUT2D eigenvalue weighted by Gasteiger charge is 2.19. The first-order valence-corrected chi connectivity index (χ1v) is 7.61. The first-order valence-electron chi connectivity index (χ1n) is 6.41. The molecule has 98 valence electrons. The highest BCUT2D eigenvalue weighted by molar-refractivity contribution is 7.99. The number of aromatic nitrogens is 1. The minimum atomic E-state index is 0.672. The second-order valence-corrected chi connectivity index (χ2v) is 6.25. The summed E-state index contributed by atoms with van der Waals surface area (Å²) >= 11 is 7.47. The molecule has 1 aromatic heterocycles. The van der Waals surface area contributed by atoms with Crippen molar-refractivity contribution in [3.63, 3.8) is 0 Å². The van der Waals surface area contributed by atoms with Crippen LogP contribution in [0, 0.1) is 0 Å². The van der Waals surface area contributed by atoms with Gasteiger partial charge in [0.2, 0.25) is 0 Å². The predicted octanol–water partition coefficient (Wildman–Crippen LogP) is 4.14. The maximum Gasteiger partial charge on any atom is 0.101 e. The lowest BCUT2D eigenvalue weighted by atomic mass is 10.2. The van der Waals surface area contributed by atoms with Crippen molar-refractivity contribution in [1.29, 1.82) is 0 Å². The minimum absolute atomic E-state index is 0.672. The van der Waals surface area contributed by atoms with Gasteiger partial charge in [-0.05, 0) is 42.7 Å². The van der Waals surface area contributed by atoms with Gasteiger partial charge >= 0.3 is 0 Å². The first kappa shape index (κ1) is 13.0. The van der Waals surface area contributed by atoms with E-state index in [9.17, 15) is 0 Å². The van der Waals surface area contributed by atoms with Crippen molar-refractivity contribution in [1.82, 2.24) is 10.3 Å². The highest BCUT2D eigenvalue weighted by atomic mass is 35.5. The van der Waals surface area contributed by atoms with Crippen molar-refractivity contribution in [2.75, 3.05) is 0 Å². The van der Waals surface area contributed by atoms with Gasteiger partial charge in [0.25, 0.3) is 0 Å². The Kier molecular flexibility index (Phi) is 4.06. The fourth-order valence-corrected chi connectivity index (χ4v) is 2.64. The van der Waals surface area contributed by atoms with Gasteiger partial charge in [0, 0.05) is 23.7 Å². The van der Waals surface area contributed by atoms with Crippen LogP contribution in [-0.4, -0.2) is 11.0 Å². The van der Waals surface area contributed by atoms with Gasteiger partial charge in [0.15, 0.2) is 0 Å². The second-order valence-electron chi connectivity index (χ2n) is 4.72. The van der Waals surface area contributed by atoms with E-state index in [1.54, 1.807) is 18.0 Å². The molecular weight excluding hydrogens is 276 g/mol. The summed E-state index contributed by atoms with van der Waals surface area (Å²) in [5.41, 5.74) is 1.33.